The van der Waals surface area contributed by atoms with E-state index in [-0.39, 0.29) is 18.7 Å². The van der Waals surface area contributed by atoms with E-state index in [9.17, 15) is 22.8 Å². The van der Waals surface area contributed by atoms with Gasteiger partial charge in [-0.2, -0.15) is 13.2 Å². The Bertz CT molecular complexity index is 262. The highest BCUT2D eigenvalue weighted by molar-refractivity contribution is 6.05. The molecular weight excluding hydrogens is 199 g/mol. The first-order valence-electron chi connectivity index (χ1n) is 4.16. The number of alkyl halides is 3. The number of rotatable bonds is 1. The van der Waals surface area contributed by atoms with Gasteiger partial charge in [-0.15, -0.1) is 0 Å². The van der Waals surface area contributed by atoms with Gasteiger partial charge in [0, 0.05) is 13.1 Å². The zero-order valence-corrected chi connectivity index (χ0v) is 7.64. The van der Waals surface area contributed by atoms with E-state index in [0.29, 0.717) is 6.54 Å². The van der Waals surface area contributed by atoms with E-state index < -0.39 is 17.9 Å². The quantitative estimate of drug-likeness (QED) is 0.470. The van der Waals surface area contributed by atoms with E-state index in [1.807, 2.05) is 0 Å². The van der Waals surface area contributed by atoms with Gasteiger partial charge in [-0.05, 0) is 7.05 Å². The van der Waals surface area contributed by atoms with Gasteiger partial charge in [0.15, 0.2) is 0 Å². The van der Waals surface area contributed by atoms with E-state index in [2.05, 4.69) is 0 Å². The molecule has 1 fully saturated rings. The molecule has 0 bridgehead atoms. The molecule has 1 aliphatic rings. The minimum atomic E-state index is -4.86. The van der Waals surface area contributed by atoms with Crippen LogP contribution in [0.1, 0.15) is 6.42 Å². The van der Waals surface area contributed by atoms with Crippen LogP contribution >= 0.6 is 0 Å². The van der Waals surface area contributed by atoms with Crippen molar-refractivity contribution in [1.29, 1.82) is 0 Å². The molecule has 0 spiro atoms. The summed E-state index contributed by atoms with van der Waals surface area (Å²) in [6.07, 6.45) is -4.74. The third-order valence-corrected chi connectivity index (χ3v) is 2.24. The SMILES string of the molecule is CN1CCC(=[OH+])C(C(=O)C(F)(F)F)C1. The molecule has 1 heterocycles. The minimum absolute atomic E-state index is 0.0653. The maximum absolute atomic E-state index is 12.0. The van der Waals surface area contributed by atoms with Crippen LogP contribution in [0.4, 0.5) is 13.2 Å². The van der Waals surface area contributed by atoms with Crippen LogP contribution in [0.25, 0.3) is 0 Å². The van der Waals surface area contributed by atoms with Crippen LogP contribution in [0.3, 0.4) is 0 Å². The summed E-state index contributed by atoms with van der Waals surface area (Å²) in [6, 6.07) is 0. The summed E-state index contributed by atoms with van der Waals surface area (Å²) >= 11 is 0. The first-order chi connectivity index (χ1) is 6.32. The Balaban J connectivity index is 2.75. The smallest absolute Gasteiger partial charge is 0.304 e. The Morgan fingerprint density at radius 2 is 2.14 bits per heavy atom. The zero-order valence-electron chi connectivity index (χ0n) is 7.64. The first kappa shape index (κ1) is 11.2. The summed E-state index contributed by atoms with van der Waals surface area (Å²) in [4.78, 5) is 21.6. The van der Waals surface area contributed by atoms with Crippen molar-refractivity contribution < 1.29 is 22.8 Å². The van der Waals surface area contributed by atoms with Crippen LogP contribution in [-0.4, -0.2) is 47.6 Å². The molecule has 0 radical (unpaired) electrons. The molecular formula is C8H11F3NO2+. The second-order valence-corrected chi connectivity index (χ2v) is 3.42. The summed E-state index contributed by atoms with van der Waals surface area (Å²) in [7, 11) is 1.61. The number of Topliss-reactive ketones (excluding diaryl/α,β-unsaturated/α-hetero) is 1. The van der Waals surface area contributed by atoms with Crippen molar-refractivity contribution in [3.63, 3.8) is 0 Å². The molecule has 80 valence electrons. The maximum Gasteiger partial charge on any atom is 0.451 e. The summed E-state index contributed by atoms with van der Waals surface area (Å²) in [6.45, 7) is 0.414. The second kappa shape index (κ2) is 3.68. The van der Waals surface area contributed by atoms with Gasteiger partial charge in [0.2, 0.25) is 0 Å². The average molecular weight is 210 g/mol. The maximum atomic E-state index is 12.0. The molecule has 0 aromatic rings. The number of piperidine rings is 1. The fourth-order valence-electron chi connectivity index (χ4n) is 1.42. The molecule has 1 saturated heterocycles. The summed E-state index contributed by atoms with van der Waals surface area (Å²) in [5, 5.41) is 0. The number of carbonyl (C=O) groups is 1. The lowest BCUT2D eigenvalue weighted by Gasteiger charge is -2.25. The van der Waals surface area contributed by atoms with Gasteiger partial charge in [-0.3, -0.25) is 9.59 Å². The van der Waals surface area contributed by atoms with Gasteiger partial charge in [0.1, 0.15) is 5.92 Å². The lowest BCUT2D eigenvalue weighted by molar-refractivity contribution is -0.174. The lowest BCUT2D eigenvalue weighted by Crippen LogP contribution is -2.46. The summed E-state index contributed by atoms with van der Waals surface area (Å²) in [5.41, 5.74) is 0. The highest BCUT2D eigenvalue weighted by Crippen LogP contribution is 2.24. The molecule has 0 amide bonds. The van der Waals surface area contributed by atoms with E-state index in [0.717, 1.165) is 0 Å². The van der Waals surface area contributed by atoms with E-state index in [1.54, 1.807) is 11.9 Å². The molecule has 3 nitrogen and oxygen atoms in total. The number of hydrogen-bond acceptors (Lipinski definition) is 2. The average Bonchev–Trinajstić information content (AvgIpc) is 2.06. The van der Waals surface area contributed by atoms with Crippen molar-refractivity contribution in [1.82, 2.24) is 4.90 Å². The van der Waals surface area contributed by atoms with Gasteiger partial charge >= 0.3 is 12.0 Å². The van der Waals surface area contributed by atoms with Crippen LogP contribution in [0.15, 0.2) is 0 Å². The Kier molecular flexibility index (Phi) is 2.94. The van der Waals surface area contributed by atoms with Crippen molar-refractivity contribution in [3.05, 3.63) is 0 Å². The highest BCUT2D eigenvalue weighted by Gasteiger charge is 2.49. The first-order valence-corrected chi connectivity index (χ1v) is 4.16. The van der Waals surface area contributed by atoms with Crippen molar-refractivity contribution in [2.75, 3.05) is 20.1 Å². The minimum Gasteiger partial charge on any atom is -0.304 e. The van der Waals surface area contributed by atoms with Gasteiger partial charge in [-0.1, -0.05) is 0 Å². The molecule has 1 rings (SSSR count). The van der Waals surface area contributed by atoms with Gasteiger partial charge in [-0.25, -0.2) is 0 Å². The van der Waals surface area contributed by atoms with Crippen molar-refractivity contribution >= 4 is 11.6 Å². The zero-order chi connectivity index (χ0) is 10.9. The van der Waals surface area contributed by atoms with E-state index in [4.69, 9.17) is 0 Å². The second-order valence-electron chi connectivity index (χ2n) is 3.42. The van der Waals surface area contributed by atoms with Crippen LogP contribution in [0, 0.1) is 5.92 Å². The largest absolute Gasteiger partial charge is 0.451 e. The number of halogens is 3. The standard InChI is InChI=1S/C8H10F3NO2/c1-12-3-2-6(13)5(4-12)7(14)8(9,10)11/h5H,2-4H2,1H3/p+1. The Morgan fingerprint density at radius 3 is 2.64 bits per heavy atom. The topological polar surface area (TPSA) is 41.7 Å². The lowest BCUT2D eigenvalue weighted by atomic mass is 9.92. The fourth-order valence-corrected chi connectivity index (χ4v) is 1.42. The third kappa shape index (κ3) is 2.31. The molecule has 1 aliphatic heterocycles. The molecule has 1 unspecified atom stereocenters. The van der Waals surface area contributed by atoms with Crippen molar-refractivity contribution in [3.8, 4) is 0 Å². The molecule has 0 aromatic carbocycles. The van der Waals surface area contributed by atoms with Gasteiger partial charge < -0.3 is 4.90 Å². The monoisotopic (exact) mass is 210 g/mol. The van der Waals surface area contributed by atoms with Crippen molar-refractivity contribution in [2.24, 2.45) is 5.92 Å². The fraction of sp³-hybridized carbons (Fsp3) is 0.750. The molecule has 0 aliphatic carbocycles. The predicted octanol–water partition coefficient (Wildman–Crippen LogP) is 0.614. The normalized spacial score (nSPS) is 25.1. The van der Waals surface area contributed by atoms with E-state index in [1.165, 1.54) is 0 Å². The molecule has 0 aromatic heterocycles. The van der Waals surface area contributed by atoms with Gasteiger partial charge in [0.25, 0.3) is 5.78 Å². The Labute approximate surface area is 78.9 Å². The van der Waals surface area contributed by atoms with Crippen LogP contribution < -0.4 is 0 Å². The summed E-state index contributed by atoms with van der Waals surface area (Å²) in [5.74, 6) is -3.62. The Hall–Kier alpha value is -0.910. The Morgan fingerprint density at radius 1 is 1.57 bits per heavy atom. The van der Waals surface area contributed by atoms with Gasteiger partial charge in [0.05, 0.1) is 6.42 Å². The number of carbonyl (C=O) groups excluding carboxylic acids is 2. The van der Waals surface area contributed by atoms with Crippen LogP contribution in [-0.2, 0) is 4.79 Å². The molecule has 1 atom stereocenters. The number of hydrogen-bond donors (Lipinski definition) is 0. The molecule has 0 saturated carbocycles. The molecule has 6 heteroatoms. The highest BCUT2D eigenvalue weighted by atomic mass is 19.4. The van der Waals surface area contributed by atoms with E-state index >= 15 is 0 Å². The third-order valence-electron chi connectivity index (χ3n) is 2.24. The number of ketones is 2. The number of likely N-dealkylation sites (tertiary alicyclic amines) is 1. The van der Waals surface area contributed by atoms with Crippen LogP contribution in [0.2, 0.25) is 0 Å². The number of nitrogens with zero attached hydrogens (tertiary/aromatic N) is 1. The molecule has 1 N–H and O–H groups in total. The molecule has 14 heavy (non-hydrogen) atoms. The van der Waals surface area contributed by atoms with Crippen molar-refractivity contribution in [2.45, 2.75) is 12.6 Å². The predicted molar refractivity (Wildman–Crippen MR) is 43.6 cm³/mol. The van der Waals surface area contributed by atoms with Crippen LogP contribution in [0.5, 0.6) is 0 Å². The summed E-state index contributed by atoms with van der Waals surface area (Å²) < 4.78 is 36.1.